The summed E-state index contributed by atoms with van der Waals surface area (Å²) >= 11 is 0. The fourth-order valence-corrected chi connectivity index (χ4v) is 2.14. The number of carbonyl (C=O) groups is 1. The Hall–Kier alpha value is -2.55. The molecule has 2 aromatic rings. The van der Waals surface area contributed by atoms with Crippen molar-refractivity contribution in [3.8, 4) is 5.75 Å². The number of benzene rings is 2. The van der Waals surface area contributed by atoms with Crippen molar-refractivity contribution in [2.45, 2.75) is 13.5 Å². The molecule has 3 nitrogen and oxygen atoms in total. The van der Waals surface area contributed by atoms with Gasteiger partial charge in [-0.2, -0.15) is 0 Å². The zero-order chi connectivity index (χ0) is 15.8. The standard InChI is InChI=1S/C19H21NO2/c1-3-20(15-17-7-5-4-6-8-17)19(21)14-11-16-9-12-18(22-2)13-10-16/h4-14H,3,15H2,1-2H3/b14-11+. The number of methoxy groups -OCH3 is 1. The van der Waals surface area contributed by atoms with E-state index in [1.165, 1.54) is 0 Å². The average molecular weight is 295 g/mol. The van der Waals surface area contributed by atoms with E-state index in [-0.39, 0.29) is 5.91 Å². The summed E-state index contributed by atoms with van der Waals surface area (Å²) in [4.78, 5) is 14.1. The Morgan fingerprint density at radius 1 is 1.09 bits per heavy atom. The summed E-state index contributed by atoms with van der Waals surface area (Å²) in [5.41, 5.74) is 2.11. The predicted octanol–water partition coefficient (Wildman–Crippen LogP) is 3.76. The number of carbonyl (C=O) groups excluding carboxylic acids is 1. The van der Waals surface area contributed by atoms with E-state index in [0.29, 0.717) is 13.1 Å². The topological polar surface area (TPSA) is 29.5 Å². The minimum atomic E-state index is 0.0159. The molecule has 114 valence electrons. The van der Waals surface area contributed by atoms with E-state index in [0.717, 1.165) is 16.9 Å². The van der Waals surface area contributed by atoms with E-state index in [9.17, 15) is 4.79 Å². The fourth-order valence-electron chi connectivity index (χ4n) is 2.14. The van der Waals surface area contributed by atoms with Crippen molar-refractivity contribution in [3.05, 3.63) is 71.8 Å². The quantitative estimate of drug-likeness (QED) is 0.759. The molecule has 0 unspecified atom stereocenters. The van der Waals surface area contributed by atoms with Gasteiger partial charge in [-0.25, -0.2) is 0 Å². The lowest BCUT2D eigenvalue weighted by Gasteiger charge is -2.19. The summed E-state index contributed by atoms with van der Waals surface area (Å²) in [6.07, 6.45) is 3.45. The van der Waals surface area contributed by atoms with Crippen LogP contribution in [0.1, 0.15) is 18.1 Å². The van der Waals surface area contributed by atoms with Crippen LogP contribution in [-0.2, 0) is 11.3 Å². The summed E-state index contributed by atoms with van der Waals surface area (Å²) < 4.78 is 5.12. The molecule has 0 aliphatic carbocycles. The molecule has 0 aliphatic heterocycles. The molecule has 0 heterocycles. The molecule has 0 N–H and O–H groups in total. The Kier molecular flexibility index (Phi) is 5.78. The highest BCUT2D eigenvalue weighted by atomic mass is 16.5. The largest absolute Gasteiger partial charge is 0.497 e. The van der Waals surface area contributed by atoms with Crippen LogP contribution in [-0.4, -0.2) is 24.5 Å². The van der Waals surface area contributed by atoms with Crippen LogP contribution >= 0.6 is 0 Å². The van der Waals surface area contributed by atoms with E-state index in [1.54, 1.807) is 13.2 Å². The highest BCUT2D eigenvalue weighted by molar-refractivity contribution is 5.91. The number of hydrogen-bond acceptors (Lipinski definition) is 2. The van der Waals surface area contributed by atoms with Crippen molar-refractivity contribution in [1.82, 2.24) is 4.90 Å². The molecular formula is C19H21NO2. The zero-order valence-corrected chi connectivity index (χ0v) is 13.0. The number of nitrogens with zero attached hydrogens (tertiary/aromatic N) is 1. The second-order valence-electron chi connectivity index (χ2n) is 4.94. The van der Waals surface area contributed by atoms with Crippen molar-refractivity contribution in [2.75, 3.05) is 13.7 Å². The first kappa shape index (κ1) is 15.8. The monoisotopic (exact) mass is 295 g/mol. The van der Waals surface area contributed by atoms with Crippen LogP contribution in [0.2, 0.25) is 0 Å². The van der Waals surface area contributed by atoms with Crippen LogP contribution in [0.4, 0.5) is 0 Å². The molecule has 0 aliphatic rings. The maximum absolute atomic E-state index is 12.3. The second kappa shape index (κ2) is 8.03. The summed E-state index contributed by atoms with van der Waals surface area (Å²) in [7, 11) is 1.64. The molecule has 22 heavy (non-hydrogen) atoms. The van der Waals surface area contributed by atoms with Gasteiger partial charge in [-0.1, -0.05) is 42.5 Å². The van der Waals surface area contributed by atoms with Gasteiger partial charge in [-0.3, -0.25) is 4.79 Å². The third-order valence-corrected chi connectivity index (χ3v) is 3.44. The van der Waals surface area contributed by atoms with Crippen molar-refractivity contribution in [3.63, 3.8) is 0 Å². The Morgan fingerprint density at radius 3 is 2.36 bits per heavy atom. The summed E-state index contributed by atoms with van der Waals surface area (Å²) in [5.74, 6) is 0.824. The minimum absolute atomic E-state index is 0.0159. The van der Waals surface area contributed by atoms with Crippen molar-refractivity contribution >= 4 is 12.0 Å². The van der Waals surface area contributed by atoms with E-state index in [1.807, 2.05) is 72.5 Å². The highest BCUT2D eigenvalue weighted by Crippen LogP contribution is 2.12. The number of ether oxygens (including phenoxy) is 1. The van der Waals surface area contributed by atoms with E-state index < -0.39 is 0 Å². The third kappa shape index (κ3) is 4.48. The average Bonchev–Trinajstić information content (AvgIpc) is 2.59. The van der Waals surface area contributed by atoms with Gasteiger partial charge in [-0.15, -0.1) is 0 Å². The van der Waals surface area contributed by atoms with Gasteiger partial charge in [0.1, 0.15) is 5.75 Å². The van der Waals surface area contributed by atoms with Crippen LogP contribution < -0.4 is 4.74 Å². The molecule has 2 aromatic carbocycles. The predicted molar refractivity (Wildman–Crippen MR) is 89.6 cm³/mol. The molecule has 3 heteroatoms. The Morgan fingerprint density at radius 2 is 1.77 bits per heavy atom. The fraction of sp³-hybridized carbons (Fsp3) is 0.211. The number of hydrogen-bond donors (Lipinski definition) is 0. The number of likely N-dealkylation sites (N-methyl/N-ethyl adjacent to an activating group) is 1. The SMILES string of the molecule is CCN(Cc1ccccc1)C(=O)/C=C/c1ccc(OC)cc1. The lowest BCUT2D eigenvalue weighted by molar-refractivity contribution is -0.126. The van der Waals surface area contributed by atoms with Crippen molar-refractivity contribution in [2.24, 2.45) is 0 Å². The molecule has 0 saturated heterocycles. The molecule has 0 bridgehead atoms. The molecule has 0 spiro atoms. The van der Waals surface area contributed by atoms with Crippen LogP contribution in [0.15, 0.2) is 60.7 Å². The van der Waals surface area contributed by atoms with Gasteiger partial charge in [0, 0.05) is 19.2 Å². The Bertz CT molecular complexity index is 618. The van der Waals surface area contributed by atoms with Gasteiger partial charge in [0.05, 0.1) is 7.11 Å². The first-order chi connectivity index (χ1) is 10.7. The van der Waals surface area contributed by atoms with Gasteiger partial charge in [0.25, 0.3) is 0 Å². The van der Waals surface area contributed by atoms with Crippen molar-refractivity contribution < 1.29 is 9.53 Å². The third-order valence-electron chi connectivity index (χ3n) is 3.44. The van der Waals surface area contributed by atoms with E-state index in [2.05, 4.69) is 0 Å². The van der Waals surface area contributed by atoms with Gasteiger partial charge >= 0.3 is 0 Å². The van der Waals surface area contributed by atoms with Crippen LogP contribution in [0.3, 0.4) is 0 Å². The van der Waals surface area contributed by atoms with Gasteiger partial charge in [-0.05, 0) is 36.3 Å². The Balaban J connectivity index is 2.00. The molecule has 0 atom stereocenters. The van der Waals surface area contributed by atoms with Gasteiger partial charge in [0.15, 0.2) is 0 Å². The van der Waals surface area contributed by atoms with E-state index in [4.69, 9.17) is 4.74 Å². The maximum Gasteiger partial charge on any atom is 0.246 e. The van der Waals surface area contributed by atoms with Gasteiger partial charge < -0.3 is 9.64 Å². The van der Waals surface area contributed by atoms with E-state index >= 15 is 0 Å². The zero-order valence-electron chi connectivity index (χ0n) is 13.0. The molecule has 0 saturated carbocycles. The number of rotatable bonds is 6. The number of amides is 1. The lowest BCUT2D eigenvalue weighted by Crippen LogP contribution is -2.28. The lowest BCUT2D eigenvalue weighted by atomic mass is 10.2. The summed E-state index contributed by atoms with van der Waals surface area (Å²) in [5, 5.41) is 0. The maximum atomic E-state index is 12.3. The smallest absolute Gasteiger partial charge is 0.246 e. The normalized spacial score (nSPS) is 10.6. The van der Waals surface area contributed by atoms with Crippen LogP contribution in [0, 0.1) is 0 Å². The summed E-state index contributed by atoms with van der Waals surface area (Å²) in [6, 6.07) is 17.6. The van der Waals surface area contributed by atoms with Crippen LogP contribution in [0.25, 0.3) is 6.08 Å². The van der Waals surface area contributed by atoms with Crippen LogP contribution in [0.5, 0.6) is 5.75 Å². The highest BCUT2D eigenvalue weighted by Gasteiger charge is 2.08. The molecule has 0 radical (unpaired) electrons. The van der Waals surface area contributed by atoms with Crippen molar-refractivity contribution in [1.29, 1.82) is 0 Å². The second-order valence-corrected chi connectivity index (χ2v) is 4.94. The first-order valence-corrected chi connectivity index (χ1v) is 7.38. The molecule has 0 fully saturated rings. The Labute approximate surface area is 131 Å². The molecule has 2 rings (SSSR count). The molecular weight excluding hydrogens is 274 g/mol. The molecule has 0 aromatic heterocycles. The minimum Gasteiger partial charge on any atom is -0.497 e. The first-order valence-electron chi connectivity index (χ1n) is 7.38. The summed E-state index contributed by atoms with van der Waals surface area (Å²) in [6.45, 7) is 3.30. The van der Waals surface area contributed by atoms with Gasteiger partial charge in [0.2, 0.25) is 5.91 Å². The molecule has 1 amide bonds.